The average Bonchev–Trinajstić information content (AvgIpc) is 2.49. The lowest BCUT2D eigenvalue weighted by Gasteiger charge is -2.27. The molecule has 1 aliphatic rings. The Kier molecular flexibility index (Phi) is 6.00. The van der Waals surface area contributed by atoms with Gasteiger partial charge in [0.2, 0.25) is 0 Å². The second-order valence-electron chi connectivity index (χ2n) is 5.32. The summed E-state index contributed by atoms with van der Waals surface area (Å²) < 4.78 is 5.19. The number of carbonyl (C=O) groups is 1. The van der Waals surface area contributed by atoms with Crippen molar-refractivity contribution in [2.24, 2.45) is 0 Å². The molecule has 0 aliphatic carbocycles. The van der Waals surface area contributed by atoms with Crippen LogP contribution in [0.3, 0.4) is 0 Å². The summed E-state index contributed by atoms with van der Waals surface area (Å²) in [5.41, 5.74) is 0.761. The van der Waals surface area contributed by atoms with Crippen LogP contribution in [0.2, 0.25) is 0 Å². The largest absolute Gasteiger partial charge is 0.459 e. The standard InChI is InChI=1S/C12H19Br2NO4/c1-12(2,3)19-9(16)6-15-10(17)7(4-13)8(5-14)11(15)18/h10-11,17-18H,4-6H2,1-3H3. The Balaban J connectivity index is 2.75. The smallest absolute Gasteiger partial charge is 0.320 e. The van der Waals surface area contributed by atoms with Gasteiger partial charge in [0.1, 0.15) is 24.6 Å². The first kappa shape index (κ1) is 17.1. The number of rotatable bonds is 4. The van der Waals surface area contributed by atoms with Crippen LogP contribution in [0.1, 0.15) is 20.8 Å². The molecular formula is C12H19Br2NO4. The number of carbonyl (C=O) groups excluding carboxylic acids is 1. The molecule has 0 aromatic rings. The van der Waals surface area contributed by atoms with Crippen LogP contribution in [0.5, 0.6) is 0 Å². The monoisotopic (exact) mass is 399 g/mol. The summed E-state index contributed by atoms with van der Waals surface area (Å²) in [7, 11) is 0. The highest BCUT2D eigenvalue weighted by molar-refractivity contribution is 9.09. The van der Waals surface area contributed by atoms with Gasteiger partial charge in [0.05, 0.1) is 0 Å². The van der Waals surface area contributed by atoms with E-state index in [9.17, 15) is 15.0 Å². The number of hydrogen-bond acceptors (Lipinski definition) is 5. The van der Waals surface area contributed by atoms with E-state index in [2.05, 4.69) is 31.9 Å². The first-order valence-electron chi connectivity index (χ1n) is 5.88. The van der Waals surface area contributed by atoms with E-state index < -0.39 is 24.0 Å². The highest BCUT2D eigenvalue weighted by Gasteiger charge is 2.39. The molecule has 0 aromatic heterocycles. The van der Waals surface area contributed by atoms with Gasteiger partial charge in [-0.1, -0.05) is 31.9 Å². The maximum atomic E-state index is 11.8. The molecule has 2 N–H and O–H groups in total. The topological polar surface area (TPSA) is 70.0 Å². The van der Waals surface area contributed by atoms with Crippen molar-refractivity contribution in [3.63, 3.8) is 0 Å². The maximum absolute atomic E-state index is 11.8. The predicted octanol–water partition coefficient (Wildman–Crippen LogP) is 1.37. The quantitative estimate of drug-likeness (QED) is 0.423. The third-order valence-electron chi connectivity index (χ3n) is 2.68. The molecule has 5 nitrogen and oxygen atoms in total. The Morgan fingerprint density at radius 2 is 1.63 bits per heavy atom. The zero-order valence-corrected chi connectivity index (χ0v) is 14.4. The lowest BCUT2D eigenvalue weighted by molar-refractivity contribution is -0.161. The molecule has 2 atom stereocenters. The fraction of sp³-hybridized carbons (Fsp3) is 0.750. The normalized spacial score (nSPS) is 25.0. The summed E-state index contributed by atoms with van der Waals surface area (Å²) >= 11 is 6.55. The van der Waals surface area contributed by atoms with Crippen LogP contribution in [0, 0.1) is 0 Å². The van der Waals surface area contributed by atoms with Gasteiger partial charge in [-0.25, -0.2) is 4.90 Å². The molecular weight excluding hydrogens is 382 g/mol. The average molecular weight is 401 g/mol. The van der Waals surface area contributed by atoms with Crippen molar-refractivity contribution in [3.05, 3.63) is 11.1 Å². The molecule has 0 bridgehead atoms. The van der Waals surface area contributed by atoms with Gasteiger partial charge in [-0.15, -0.1) is 0 Å². The van der Waals surface area contributed by atoms with E-state index in [1.54, 1.807) is 20.8 Å². The summed E-state index contributed by atoms with van der Waals surface area (Å²) in [5, 5.41) is 21.1. The number of alkyl halides is 2. The molecule has 0 amide bonds. The molecule has 0 saturated carbocycles. The van der Waals surface area contributed by atoms with Gasteiger partial charge in [-0.2, -0.15) is 0 Å². The van der Waals surface area contributed by atoms with E-state index in [1.807, 2.05) is 0 Å². The number of nitrogens with zero attached hydrogens (tertiary/aromatic N) is 1. The zero-order valence-electron chi connectivity index (χ0n) is 11.2. The van der Waals surface area contributed by atoms with E-state index in [0.717, 1.165) is 0 Å². The molecule has 0 fully saturated rings. The molecule has 0 spiro atoms. The molecule has 7 heteroatoms. The molecule has 1 heterocycles. The minimum atomic E-state index is -0.977. The van der Waals surface area contributed by atoms with Crippen LogP contribution >= 0.6 is 31.9 Å². The maximum Gasteiger partial charge on any atom is 0.320 e. The van der Waals surface area contributed by atoms with Gasteiger partial charge in [0.25, 0.3) is 0 Å². The van der Waals surface area contributed by atoms with Gasteiger partial charge < -0.3 is 14.9 Å². The van der Waals surface area contributed by atoms with Crippen molar-refractivity contribution < 1.29 is 19.7 Å². The molecule has 19 heavy (non-hydrogen) atoms. The van der Waals surface area contributed by atoms with Crippen molar-refractivity contribution in [1.29, 1.82) is 0 Å². The first-order chi connectivity index (χ1) is 8.71. The lowest BCUT2D eigenvalue weighted by atomic mass is 10.2. The summed E-state index contributed by atoms with van der Waals surface area (Å²) in [6.45, 7) is 5.15. The predicted molar refractivity (Wildman–Crippen MR) is 79.2 cm³/mol. The fourth-order valence-electron chi connectivity index (χ4n) is 1.87. The molecule has 0 saturated heterocycles. The van der Waals surface area contributed by atoms with Crippen LogP contribution < -0.4 is 0 Å². The fourth-order valence-corrected chi connectivity index (χ4v) is 3.17. The molecule has 110 valence electrons. The Morgan fingerprint density at radius 1 is 1.21 bits per heavy atom. The Hall–Kier alpha value is 0.0500. The third-order valence-corrected chi connectivity index (χ3v) is 3.89. The highest BCUT2D eigenvalue weighted by atomic mass is 79.9. The number of halogens is 2. The van der Waals surface area contributed by atoms with Crippen LogP contribution in [-0.2, 0) is 9.53 Å². The highest BCUT2D eigenvalue weighted by Crippen LogP contribution is 2.30. The second-order valence-corrected chi connectivity index (χ2v) is 6.45. The molecule has 1 rings (SSSR count). The van der Waals surface area contributed by atoms with Crippen molar-refractivity contribution in [1.82, 2.24) is 4.90 Å². The molecule has 1 aliphatic heterocycles. The van der Waals surface area contributed by atoms with Crippen molar-refractivity contribution in [2.75, 3.05) is 17.2 Å². The van der Waals surface area contributed by atoms with Crippen LogP contribution in [0.15, 0.2) is 11.1 Å². The second kappa shape index (κ2) is 6.67. The van der Waals surface area contributed by atoms with E-state index in [1.165, 1.54) is 4.90 Å². The lowest BCUT2D eigenvalue weighted by Crippen LogP contribution is -2.44. The summed E-state index contributed by atoms with van der Waals surface area (Å²) in [6.07, 6.45) is -1.95. The van der Waals surface area contributed by atoms with Gasteiger partial charge in [-0.05, 0) is 31.9 Å². The van der Waals surface area contributed by atoms with Crippen LogP contribution in [-0.4, -0.2) is 56.3 Å². The minimum Gasteiger partial charge on any atom is -0.459 e. The summed E-state index contributed by atoms with van der Waals surface area (Å²) in [4.78, 5) is 13.1. The van der Waals surface area contributed by atoms with E-state index in [4.69, 9.17) is 4.74 Å². The summed E-state index contributed by atoms with van der Waals surface area (Å²) in [6, 6.07) is 0. The third kappa shape index (κ3) is 4.26. The Morgan fingerprint density at radius 3 is 1.95 bits per heavy atom. The Bertz CT molecular complexity index is 358. The van der Waals surface area contributed by atoms with Crippen molar-refractivity contribution in [2.45, 2.75) is 38.8 Å². The number of ether oxygens (including phenoxy) is 1. The molecule has 0 radical (unpaired) electrons. The zero-order chi connectivity index (χ0) is 14.8. The SMILES string of the molecule is CC(C)(C)OC(=O)CN1C(O)C(CBr)=C(CBr)C1O. The van der Waals surface area contributed by atoms with Crippen LogP contribution in [0.25, 0.3) is 0 Å². The van der Waals surface area contributed by atoms with Gasteiger partial charge >= 0.3 is 5.97 Å². The van der Waals surface area contributed by atoms with Crippen LogP contribution in [0.4, 0.5) is 0 Å². The minimum absolute atomic E-state index is 0.160. The van der Waals surface area contributed by atoms with Gasteiger partial charge in [0, 0.05) is 10.7 Å². The van der Waals surface area contributed by atoms with E-state index in [0.29, 0.717) is 21.8 Å². The van der Waals surface area contributed by atoms with Gasteiger partial charge in [0.15, 0.2) is 0 Å². The number of aliphatic hydroxyl groups excluding tert-OH is 2. The summed E-state index contributed by atoms with van der Waals surface area (Å²) in [5.74, 6) is -0.477. The first-order valence-corrected chi connectivity index (χ1v) is 8.13. The van der Waals surface area contributed by atoms with Crippen molar-refractivity contribution in [3.8, 4) is 0 Å². The van der Waals surface area contributed by atoms with Crippen molar-refractivity contribution >= 4 is 37.8 Å². The Labute approximate surface area is 129 Å². The van der Waals surface area contributed by atoms with Gasteiger partial charge in [-0.3, -0.25) is 4.79 Å². The van der Waals surface area contributed by atoms with E-state index in [-0.39, 0.29) is 6.54 Å². The molecule has 2 unspecified atom stereocenters. The molecule has 0 aromatic carbocycles. The number of aliphatic hydroxyl groups is 2. The number of hydrogen-bond donors (Lipinski definition) is 2. The number of esters is 1. The van der Waals surface area contributed by atoms with E-state index >= 15 is 0 Å².